The number of anilines is 1. The zero-order valence-corrected chi connectivity index (χ0v) is 15.6. The number of hydrogen-bond donors (Lipinski definition) is 1. The molecule has 0 aliphatic heterocycles. The number of amides is 1. The number of rotatable bonds is 6. The smallest absolute Gasteiger partial charge is 0.348 e. The van der Waals surface area contributed by atoms with Crippen LogP contribution in [0.5, 0.6) is 0 Å². The molecule has 2 rings (SSSR count). The van der Waals surface area contributed by atoms with Gasteiger partial charge in [-0.25, -0.2) is 17.5 Å². The SMILES string of the molecule is Cc1ccc(C(=O)OCC(=O)Nc2ccc(S(=O)(=O)N(C)C)cc2)s1. The molecule has 9 heteroatoms. The number of benzene rings is 1. The lowest BCUT2D eigenvalue weighted by Crippen LogP contribution is -2.22. The van der Waals surface area contributed by atoms with Gasteiger partial charge >= 0.3 is 5.97 Å². The van der Waals surface area contributed by atoms with E-state index in [1.807, 2.05) is 6.92 Å². The molecule has 0 bridgehead atoms. The van der Waals surface area contributed by atoms with Crippen LogP contribution in [0, 0.1) is 6.92 Å². The van der Waals surface area contributed by atoms with E-state index < -0.39 is 28.5 Å². The second-order valence-electron chi connectivity index (χ2n) is 5.35. The molecule has 0 aliphatic rings. The van der Waals surface area contributed by atoms with Gasteiger partial charge in [0.2, 0.25) is 10.0 Å². The van der Waals surface area contributed by atoms with Crippen molar-refractivity contribution in [2.75, 3.05) is 26.0 Å². The molecule has 0 spiro atoms. The number of hydrogen-bond acceptors (Lipinski definition) is 6. The van der Waals surface area contributed by atoms with Gasteiger partial charge in [0.25, 0.3) is 5.91 Å². The number of carbonyl (C=O) groups excluding carboxylic acids is 2. The van der Waals surface area contributed by atoms with E-state index in [1.54, 1.807) is 12.1 Å². The highest BCUT2D eigenvalue weighted by Crippen LogP contribution is 2.17. The van der Waals surface area contributed by atoms with Gasteiger partial charge in [0.15, 0.2) is 6.61 Å². The third-order valence-electron chi connectivity index (χ3n) is 3.19. The molecule has 134 valence electrons. The molecular weight excluding hydrogens is 364 g/mol. The van der Waals surface area contributed by atoms with Gasteiger partial charge in [0, 0.05) is 24.7 Å². The van der Waals surface area contributed by atoms with Crippen LogP contribution in [0.3, 0.4) is 0 Å². The Kier molecular flexibility index (Phi) is 5.93. The minimum absolute atomic E-state index is 0.120. The Labute approximate surface area is 150 Å². The molecule has 1 N–H and O–H groups in total. The summed E-state index contributed by atoms with van der Waals surface area (Å²) in [6.07, 6.45) is 0. The Balaban J connectivity index is 1.91. The number of ether oxygens (including phenoxy) is 1. The molecule has 7 nitrogen and oxygen atoms in total. The average Bonchev–Trinajstić information content (AvgIpc) is 2.99. The maximum absolute atomic E-state index is 12.0. The van der Waals surface area contributed by atoms with E-state index in [-0.39, 0.29) is 4.90 Å². The number of esters is 1. The van der Waals surface area contributed by atoms with E-state index in [2.05, 4.69) is 5.32 Å². The summed E-state index contributed by atoms with van der Waals surface area (Å²) in [7, 11) is -0.642. The van der Waals surface area contributed by atoms with Gasteiger partial charge in [0.1, 0.15) is 4.88 Å². The summed E-state index contributed by atoms with van der Waals surface area (Å²) in [4.78, 5) is 25.1. The predicted octanol–water partition coefficient (Wildman–Crippen LogP) is 2.10. The first kappa shape index (κ1) is 19.1. The summed E-state index contributed by atoms with van der Waals surface area (Å²) in [5, 5.41) is 2.54. The second kappa shape index (κ2) is 7.77. The molecule has 1 aromatic carbocycles. The van der Waals surface area contributed by atoms with Crippen molar-refractivity contribution in [1.29, 1.82) is 0 Å². The molecule has 25 heavy (non-hydrogen) atoms. The average molecular weight is 382 g/mol. The molecule has 1 amide bonds. The van der Waals surface area contributed by atoms with Crippen LogP contribution in [-0.4, -0.2) is 45.3 Å². The molecule has 0 atom stereocenters. The maximum Gasteiger partial charge on any atom is 0.348 e. The highest BCUT2D eigenvalue weighted by atomic mass is 32.2. The molecule has 2 aromatic rings. The van der Waals surface area contributed by atoms with Crippen LogP contribution in [0.1, 0.15) is 14.5 Å². The van der Waals surface area contributed by atoms with Crippen LogP contribution in [0.4, 0.5) is 5.69 Å². The minimum atomic E-state index is -3.52. The molecule has 0 saturated heterocycles. The van der Waals surface area contributed by atoms with Crippen LogP contribution in [0.2, 0.25) is 0 Å². The minimum Gasteiger partial charge on any atom is -0.451 e. The molecule has 0 aliphatic carbocycles. The summed E-state index contributed by atoms with van der Waals surface area (Å²) in [5.74, 6) is -1.06. The second-order valence-corrected chi connectivity index (χ2v) is 8.79. The van der Waals surface area contributed by atoms with Crippen LogP contribution in [0.25, 0.3) is 0 Å². The zero-order valence-electron chi connectivity index (χ0n) is 14.0. The summed E-state index contributed by atoms with van der Waals surface area (Å²) >= 11 is 1.29. The summed E-state index contributed by atoms with van der Waals surface area (Å²) in [5.41, 5.74) is 0.408. The monoisotopic (exact) mass is 382 g/mol. The molecule has 0 fully saturated rings. The lowest BCUT2D eigenvalue weighted by molar-refractivity contribution is -0.119. The highest BCUT2D eigenvalue weighted by molar-refractivity contribution is 7.89. The van der Waals surface area contributed by atoms with E-state index in [4.69, 9.17) is 4.74 Å². The van der Waals surface area contributed by atoms with E-state index >= 15 is 0 Å². The standard InChI is InChI=1S/C16H18N2O5S2/c1-11-4-9-14(24-11)16(20)23-10-15(19)17-12-5-7-13(8-6-12)25(21,22)18(2)3/h4-9H,10H2,1-3H3,(H,17,19). The van der Waals surface area contributed by atoms with Gasteiger partial charge < -0.3 is 10.1 Å². The topological polar surface area (TPSA) is 92.8 Å². The van der Waals surface area contributed by atoms with E-state index in [9.17, 15) is 18.0 Å². The van der Waals surface area contributed by atoms with Crippen molar-refractivity contribution in [3.8, 4) is 0 Å². The zero-order chi connectivity index (χ0) is 18.6. The van der Waals surface area contributed by atoms with Crippen molar-refractivity contribution in [3.05, 3.63) is 46.2 Å². The normalized spacial score (nSPS) is 11.4. The molecule has 0 saturated carbocycles. The number of aryl methyl sites for hydroxylation is 1. The van der Waals surface area contributed by atoms with Gasteiger partial charge in [-0.1, -0.05) is 0 Å². The largest absolute Gasteiger partial charge is 0.451 e. The van der Waals surface area contributed by atoms with Crippen molar-refractivity contribution < 1.29 is 22.7 Å². The van der Waals surface area contributed by atoms with Crippen molar-refractivity contribution in [2.45, 2.75) is 11.8 Å². The van der Waals surface area contributed by atoms with Crippen molar-refractivity contribution in [2.24, 2.45) is 0 Å². The van der Waals surface area contributed by atoms with Gasteiger partial charge in [-0.15, -0.1) is 11.3 Å². The first-order chi connectivity index (χ1) is 11.7. The van der Waals surface area contributed by atoms with Crippen LogP contribution in [-0.2, 0) is 19.6 Å². The summed E-state index contributed by atoms with van der Waals surface area (Å²) < 4.78 is 30.0. The van der Waals surface area contributed by atoms with E-state index in [1.165, 1.54) is 49.7 Å². The lowest BCUT2D eigenvalue weighted by atomic mass is 10.3. The Hall–Kier alpha value is -2.23. The van der Waals surface area contributed by atoms with E-state index in [0.717, 1.165) is 9.18 Å². The van der Waals surface area contributed by atoms with Crippen molar-refractivity contribution in [3.63, 3.8) is 0 Å². The first-order valence-corrected chi connectivity index (χ1v) is 9.52. The Morgan fingerprint density at radius 3 is 2.28 bits per heavy atom. The van der Waals surface area contributed by atoms with Crippen molar-refractivity contribution >= 4 is 38.9 Å². The maximum atomic E-state index is 12.0. The lowest BCUT2D eigenvalue weighted by Gasteiger charge is -2.12. The third kappa shape index (κ3) is 4.88. The molecule has 0 unspecified atom stereocenters. The number of carbonyl (C=O) groups is 2. The van der Waals surface area contributed by atoms with Crippen molar-refractivity contribution in [1.82, 2.24) is 4.31 Å². The quantitative estimate of drug-likeness (QED) is 0.773. The molecule has 0 radical (unpaired) electrons. The summed E-state index contributed by atoms with van der Waals surface area (Å²) in [6, 6.07) is 9.17. The number of sulfonamides is 1. The fourth-order valence-corrected chi connectivity index (χ4v) is 3.53. The molecule has 1 heterocycles. The summed E-state index contributed by atoms with van der Waals surface area (Å²) in [6.45, 7) is 1.45. The number of thiophene rings is 1. The molecule has 1 aromatic heterocycles. The van der Waals surface area contributed by atoms with Gasteiger partial charge in [-0.05, 0) is 43.3 Å². The fraction of sp³-hybridized carbons (Fsp3) is 0.250. The number of nitrogens with one attached hydrogen (secondary N) is 1. The Morgan fingerprint density at radius 1 is 1.12 bits per heavy atom. The predicted molar refractivity (Wildman–Crippen MR) is 95.3 cm³/mol. The third-order valence-corrected chi connectivity index (χ3v) is 6.00. The Morgan fingerprint density at radius 2 is 1.76 bits per heavy atom. The van der Waals surface area contributed by atoms with Crippen LogP contribution in [0.15, 0.2) is 41.3 Å². The first-order valence-electron chi connectivity index (χ1n) is 7.26. The van der Waals surface area contributed by atoms with Gasteiger partial charge in [0.05, 0.1) is 4.90 Å². The van der Waals surface area contributed by atoms with Gasteiger partial charge in [-0.3, -0.25) is 4.79 Å². The number of nitrogens with zero attached hydrogens (tertiary/aromatic N) is 1. The highest BCUT2D eigenvalue weighted by Gasteiger charge is 2.17. The van der Waals surface area contributed by atoms with Gasteiger partial charge in [-0.2, -0.15) is 0 Å². The van der Waals surface area contributed by atoms with E-state index in [0.29, 0.717) is 10.6 Å². The molecular formula is C16H18N2O5S2. The Bertz CT molecular complexity index is 870. The fourth-order valence-electron chi connectivity index (χ4n) is 1.86. The van der Waals surface area contributed by atoms with Crippen LogP contribution >= 0.6 is 11.3 Å². The van der Waals surface area contributed by atoms with Crippen LogP contribution < -0.4 is 5.32 Å².